The Labute approximate surface area is 390 Å². The number of hydrogen-bond acceptors (Lipinski definition) is 6. The molecule has 0 amide bonds. The van der Waals surface area contributed by atoms with Gasteiger partial charge in [-0.2, -0.15) is 0 Å². The van der Waals surface area contributed by atoms with Crippen LogP contribution in [0, 0.1) is 0 Å². The average Bonchev–Trinajstić information content (AvgIpc) is 3.28. The summed E-state index contributed by atoms with van der Waals surface area (Å²) in [5.41, 5.74) is 0. The maximum absolute atomic E-state index is 12.8. The molecule has 0 aromatic rings. The van der Waals surface area contributed by atoms with Gasteiger partial charge < -0.3 is 14.2 Å². The van der Waals surface area contributed by atoms with Crippen LogP contribution in [0.2, 0.25) is 0 Å². The molecular formula is C57H100O6. The number of rotatable bonds is 48. The van der Waals surface area contributed by atoms with Crippen LogP contribution in [0.4, 0.5) is 0 Å². The lowest BCUT2D eigenvalue weighted by atomic mass is 10.0. The molecule has 0 rings (SSSR count). The van der Waals surface area contributed by atoms with E-state index >= 15 is 0 Å². The molecule has 0 saturated heterocycles. The summed E-state index contributed by atoms with van der Waals surface area (Å²) in [5.74, 6) is -0.954. The Morgan fingerprint density at radius 1 is 0.317 bits per heavy atom. The van der Waals surface area contributed by atoms with Crippen LogP contribution < -0.4 is 0 Å². The van der Waals surface area contributed by atoms with Crippen molar-refractivity contribution in [1.82, 2.24) is 0 Å². The molecule has 1 atom stereocenters. The first kappa shape index (κ1) is 60.1. The Hall–Kier alpha value is -2.89. The number of esters is 3. The van der Waals surface area contributed by atoms with Gasteiger partial charge in [0.05, 0.1) is 0 Å². The summed E-state index contributed by atoms with van der Waals surface area (Å²) in [6, 6.07) is 0. The van der Waals surface area contributed by atoms with E-state index in [1.54, 1.807) is 0 Å². The first-order valence-electron chi connectivity index (χ1n) is 26.8. The normalized spacial score (nSPS) is 12.5. The van der Waals surface area contributed by atoms with Crippen LogP contribution in [0.25, 0.3) is 0 Å². The largest absolute Gasteiger partial charge is 0.462 e. The molecule has 0 fully saturated rings. The molecule has 6 nitrogen and oxygen atoms in total. The number of carbonyl (C=O) groups excluding carboxylic acids is 3. The third kappa shape index (κ3) is 50.0. The summed E-state index contributed by atoms with van der Waals surface area (Å²) < 4.78 is 16.7. The fourth-order valence-electron chi connectivity index (χ4n) is 7.42. The Morgan fingerprint density at radius 3 is 1.05 bits per heavy atom. The average molecular weight is 881 g/mol. The zero-order chi connectivity index (χ0) is 45.8. The molecule has 0 aliphatic carbocycles. The van der Waals surface area contributed by atoms with Crippen molar-refractivity contribution in [3.63, 3.8) is 0 Å². The Kier molecular flexibility index (Phi) is 49.4. The molecule has 6 heteroatoms. The second kappa shape index (κ2) is 51.7. The molecule has 364 valence electrons. The standard InChI is InChI=1S/C57H100O6/c1-4-7-10-13-16-19-22-24-26-28-30-32-35-37-40-43-46-49-55(58)61-52-54(63-57(60)51-48-45-42-39-34-21-18-15-12-9-6-3)53-62-56(59)50-47-44-41-38-36-33-31-29-27-25-23-20-17-14-11-8-5-2/h15-16,18-19,24,26,30,32,37,40,54H,4-14,17,20-23,25,27-29,31,33-36,38-39,41-53H2,1-3H3/b18-15-,19-16-,26-24-,32-30-,40-37-. The van der Waals surface area contributed by atoms with Crippen LogP contribution in [0.5, 0.6) is 0 Å². The summed E-state index contributed by atoms with van der Waals surface area (Å²) in [6.07, 6.45) is 63.6. The maximum Gasteiger partial charge on any atom is 0.306 e. The zero-order valence-corrected chi connectivity index (χ0v) is 41.6. The lowest BCUT2D eigenvalue weighted by Crippen LogP contribution is -2.30. The first-order chi connectivity index (χ1) is 31.0. The van der Waals surface area contributed by atoms with Crippen LogP contribution in [0.15, 0.2) is 60.8 Å². The molecule has 0 saturated carbocycles. The van der Waals surface area contributed by atoms with Gasteiger partial charge in [0.25, 0.3) is 0 Å². The van der Waals surface area contributed by atoms with Gasteiger partial charge in [0.2, 0.25) is 0 Å². The van der Waals surface area contributed by atoms with Crippen molar-refractivity contribution in [3.8, 4) is 0 Å². The van der Waals surface area contributed by atoms with Crippen molar-refractivity contribution in [2.24, 2.45) is 0 Å². The predicted molar refractivity (Wildman–Crippen MR) is 270 cm³/mol. The van der Waals surface area contributed by atoms with Crippen LogP contribution in [-0.2, 0) is 28.6 Å². The van der Waals surface area contributed by atoms with E-state index in [1.807, 2.05) is 0 Å². The topological polar surface area (TPSA) is 78.9 Å². The molecule has 63 heavy (non-hydrogen) atoms. The fourth-order valence-corrected chi connectivity index (χ4v) is 7.42. The number of allylic oxidation sites excluding steroid dienone is 10. The Balaban J connectivity index is 4.40. The van der Waals surface area contributed by atoms with E-state index < -0.39 is 6.10 Å². The number of ether oxygens (including phenoxy) is 3. The number of hydrogen-bond donors (Lipinski definition) is 0. The van der Waals surface area contributed by atoms with E-state index in [2.05, 4.69) is 81.5 Å². The minimum atomic E-state index is -0.797. The smallest absolute Gasteiger partial charge is 0.306 e. The van der Waals surface area contributed by atoms with Gasteiger partial charge in [0, 0.05) is 19.3 Å². The third-order valence-electron chi connectivity index (χ3n) is 11.5. The van der Waals surface area contributed by atoms with Crippen LogP contribution in [0.1, 0.15) is 265 Å². The van der Waals surface area contributed by atoms with E-state index in [9.17, 15) is 14.4 Å². The Morgan fingerprint density at radius 2 is 0.603 bits per heavy atom. The highest BCUT2D eigenvalue weighted by Crippen LogP contribution is 2.15. The lowest BCUT2D eigenvalue weighted by Gasteiger charge is -2.18. The minimum absolute atomic E-state index is 0.0925. The summed E-state index contributed by atoms with van der Waals surface area (Å²) in [6.45, 7) is 6.53. The first-order valence-corrected chi connectivity index (χ1v) is 26.8. The molecule has 0 radical (unpaired) electrons. The highest BCUT2D eigenvalue weighted by molar-refractivity contribution is 5.71. The van der Waals surface area contributed by atoms with Gasteiger partial charge in [-0.1, -0.05) is 229 Å². The minimum Gasteiger partial charge on any atom is -0.462 e. The zero-order valence-electron chi connectivity index (χ0n) is 41.6. The van der Waals surface area contributed by atoms with Crippen molar-refractivity contribution >= 4 is 17.9 Å². The quantitative estimate of drug-likeness (QED) is 0.0262. The summed E-state index contributed by atoms with van der Waals surface area (Å²) in [7, 11) is 0. The van der Waals surface area contributed by atoms with Crippen LogP contribution in [-0.4, -0.2) is 37.2 Å². The lowest BCUT2D eigenvalue weighted by molar-refractivity contribution is -0.167. The third-order valence-corrected chi connectivity index (χ3v) is 11.5. The van der Waals surface area contributed by atoms with Gasteiger partial charge in [-0.15, -0.1) is 0 Å². The van der Waals surface area contributed by atoms with Crippen LogP contribution >= 0.6 is 0 Å². The highest BCUT2D eigenvalue weighted by atomic mass is 16.6. The van der Waals surface area contributed by atoms with E-state index in [0.717, 1.165) is 77.0 Å². The molecular weight excluding hydrogens is 781 g/mol. The summed E-state index contributed by atoms with van der Waals surface area (Å²) in [4.78, 5) is 38.0. The van der Waals surface area contributed by atoms with Crippen molar-refractivity contribution in [2.45, 2.75) is 271 Å². The van der Waals surface area contributed by atoms with Crippen molar-refractivity contribution in [3.05, 3.63) is 60.8 Å². The summed E-state index contributed by atoms with van der Waals surface area (Å²) in [5, 5.41) is 0. The second-order valence-electron chi connectivity index (χ2n) is 17.8. The van der Waals surface area contributed by atoms with E-state index in [0.29, 0.717) is 19.3 Å². The van der Waals surface area contributed by atoms with Crippen LogP contribution in [0.3, 0.4) is 0 Å². The highest BCUT2D eigenvalue weighted by Gasteiger charge is 2.19. The maximum atomic E-state index is 12.8. The molecule has 0 aliphatic heterocycles. The molecule has 0 heterocycles. The molecule has 0 spiro atoms. The Bertz CT molecular complexity index is 1150. The molecule has 0 bridgehead atoms. The SMILES string of the molecule is CCCC/C=C\CCCCCCCC(=O)OC(COC(=O)CCC/C=C\C/C=C\C/C=C\C/C=C\CCCCC)COC(=O)CCCCCCCCCCCCCCCCCCC. The van der Waals surface area contributed by atoms with E-state index in [4.69, 9.17) is 14.2 Å². The van der Waals surface area contributed by atoms with Crippen molar-refractivity contribution in [1.29, 1.82) is 0 Å². The monoisotopic (exact) mass is 881 g/mol. The predicted octanol–water partition coefficient (Wildman–Crippen LogP) is 17.6. The van der Waals surface area contributed by atoms with Gasteiger partial charge in [0.1, 0.15) is 13.2 Å². The number of carbonyl (C=O) groups is 3. The molecule has 0 aromatic carbocycles. The van der Waals surface area contributed by atoms with Gasteiger partial charge in [-0.3, -0.25) is 14.4 Å². The van der Waals surface area contributed by atoms with Crippen molar-refractivity contribution in [2.75, 3.05) is 13.2 Å². The van der Waals surface area contributed by atoms with Gasteiger partial charge in [0.15, 0.2) is 6.10 Å². The van der Waals surface area contributed by atoms with Gasteiger partial charge in [-0.25, -0.2) is 0 Å². The van der Waals surface area contributed by atoms with Gasteiger partial charge >= 0.3 is 17.9 Å². The summed E-state index contributed by atoms with van der Waals surface area (Å²) >= 11 is 0. The van der Waals surface area contributed by atoms with Gasteiger partial charge in [-0.05, 0) is 77.0 Å². The fraction of sp³-hybridized carbons (Fsp3) is 0.772. The number of unbranched alkanes of at least 4 members (excludes halogenated alkanes) is 27. The molecule has 1 unspecified atom stereocenters. The second-order valence-corrected chi connectivity index (χ2v) is 17.8. The van der Waals surface area contributed by atoms with E-state index in [1.165, 1.54) is 141 Å². The molecule has 0 aliphatic rings. The van der Waals surface area contributed by atoms with Crippen molar-refractivity contribution < 1.29 is 28.6 Å². The van der Waals surface area contributed by atoms with E-state index in [-0.39, 0.29) is 37.5 Å². The molecule has 0 aromatic heterocycles. The molecule has 0 N–H and O–H groups in total.